The van der Waals surface area contributed by atoms with Crippen molar-refractivity contribution < 1.29 is 13.2 Å². The number of hydrogen-bond donors (Lipinski definition) is 0. The first kappa shape index (κ1) is 14.7. The molecule has 0 saturated carbocycles. The Balaban J connectivity index is 2.49. The Morgan fingerprint density at radius 1 is 0.895 bits per heavy atom. The highest BCUT2D eigenvalue weighted by Crippen LogP contribution is 2.34. The van der Waals surface area contributed by atoms with E-state index in [4.69, 9.17) is 23.2 Å². The van der Waals surface area contributed by atoms with Crippen LogP contribution in [0.1, 0.15) is 16.5 Å². The lowest BCUT2D eigenvalue weighted by atomic mass is 10.0. The van der Waals surface area contributed by atoms with Gasteiger partial charge in [0.15, 0.2) is 11.6 Å². The summed E-state index contributed by atoms with van der Waals surface area (Å²) < 4.78 is 40.3. The van der Waals surface area contributed by atoms with Crippen molar-refractivity contribution in [1.82, 2.24) is 0 Å². The smallest absolute Gasteiger partial charge is 0.161 e. The minimum absolute atomic E-state index is 0.144. The third kappa shape index (κ3) is 3.25. The summed E-state index contributed by atoms with van der Waals surface area (Å²) in [4.78, 5) is 0. The van der Waals surface area contributed by atoms with Gasteiger partial charge in [-0.3, -0.25) is 0 Å². The maximum Gasteiger partial charge on any atom is 0.161 e. The number of alkyl halides is 1. The van der Waals surface area contributed by atoms with Gasteiger partial charge in [-0.2, -0.15) is 0 Å². The Labute approximate surface area is 126 Å². The third-order valence-electron chi connectivity index (χ3n) is 2.49. The van der Waals surface area contributed by atoms with Gasteiger partial charge in [0.1, 0.15) is 5.82 Å². The second-order valence-corrected chi connectivity index (χ2v) is 5.64. The largest absolute Gasteiger partial charge is 0.207 e. The fourth-order valence-corrected chi connectivity index (χ4v) is 2.81. The monoisotopic (exact) mass is 368 g/mol. The van der Waals surface area contributed by atoms with Crippen molar-refractivity contribution in [1.29, 1.82) is 0 Å². The van der Waals surface area contributed by atoms with Gasteiger partial charge in [0.05, 0.1) is 5.38 Å². The van der Waals surface area contributed by atoms with Gasteiger partial charge < -0.3 is 0 Å². The van der Waals surface area contributed by atoms with Gasteiger partial charge in [0, 0.05) is 21.1 Å². The fourth-order valence-electron chi connectivity index (χ4n) is 1.63. The molecular weight excluding hydrogens is 364 g/mol. The van der Waals surface area contributed by atoms with E-state index in [1.165, 1.54) is 6.07 Å². The SMILES string of the molecule is Fc1cc(F)c(C(Cl)c2cc(Cl)cc(Br)c2)cc1F. The standard InChI is InChI=1S/C13H6BrCl2F3/c14-7-1-6(2-8(15)3-7)13(16)9-4-11(18)12(19)5-10(9)17/h1-5,13H. The zero-order valence-corrected chi connectivity index (χ0v) is 12.3. The van der Waals surface area contributed by atoms with Crippen LogP contribution in [0.4, 0.5) is 13.2 Å². The van der Waals surface area contributed by atoms with Gasteiger partial charge in [-0.1, -0.05) is 27.5 Å². The number of benzene rings is 2. The van der Waals surface area contributed by atoms with Gasteiger partial charge in [0.25, 0.3) is 0 Å². The molecule has 0 bridgehead atoms. The van der Waals surface area contributed by atoms with Crippen LogP contribution in [-0.4, -0.2) is 0 Å². The van der Waals surface area contributed by atoms with Crippen molar-refractivity contribution >= 4 is 39.1 Å². The Bertz CT molecular complexity index is 611. The van der Waals surface area contributed by atoms with Crippen molar-refractivity contribution in [2.75, 3.05) is 0 Å². The first-order valence-electron chi connectivity index (χ1n) is 5.13. The highest BCUT2D eigenvalue weighted by Gasteiger charge is 2.19. The summed E-state index contributed by atoms with van der Waals surface area (Å²) in [5.41, 5.74) is 0.334. The molecule has 0 heterocycles. The average molecular weight is 370 g/mol. The molecule has 2 aromatic rings. The molecule has 0 aromatic heterocycles. The van der Waals surface area contributed by atoms with Crippen LogP contribution in [0.25, 0.3) is 0 Å². The number of hydrogen-bond acceptors (Lipinski definition) is 0. The summed E-state index contributed by atoms with van der Waals surface area (Å²) in [6, 6.07) is 6.02. The summed E-state index contributed by atoms with van der Waals surface area (Å²) >= 11 is 15.2. The minimum atomic E-state index is -1.25. The molecule has 0 aliphatic rings. The molecule has 6 heteroatoms. The maximum atomic E-state index is 13.6. The number of rotatable bonds is 2. The fraction of sp³-hybridized carbons (Fsp3) is 0.0769. The van der Waals surface area contributed by atoms with E-state index in [1.54, 1.807) is 12.1 Å². The predicted octanol–water partition coefficient (Wildman–Crippen LogP) is 5.85. The van der Waals surface area contributed by atoms with Crippen LogP contribution in [0.5, 0.6) is 0 Å². The molecule has 0 aliphatic carbocycles. The lowest BCUT2D eigenvalue weighted by Gasteiger charge is -2.13. The molecular formula is C13H6BrCl2F3. The van der Waals surface area contributed by atoms with Crippen LogP contribution in [0.2, 0.25) is 5.02 Å². The normalized spacial score (nSPS) is 12.5. The molecule has 0 aliphatic heterocycles. The molecule has 1 atom stereocenters. The summed E-state index contributed by atoms with van der Waals surface area (Å²) in [6.07, 6.45) is 0. The van der Waals surface area contributed by atoms with Crippen molar-refractivity contribution in [3.05, 3.63) is 68.4 Å². The number of halogens is 6. The zero-order valence-electron chi connectivity index (χ0n) is 9.23. The molecule has 0 spiro atoms. The highest BCUT2D eigenvalue weighted by atomic mass is 79.9. The van der Waals surface area contributed by atoms with E-state index in [0.717, 1.165) is 6.07 Å². The predicted molar refractivity (Wildman–Crippen MR) is 73.2 cm³/mol. The van der Waals surface area contributed by atoms with Gasteiger partial charge >= 0.3 is 0 Å². The van der Waals surface area contributed by atoms with Gasteiger partial charge in [0.2, 0.25) is 0 Å². The van der Waals surface area contributed by atoms with Crippen LogP contribution >= 0.6 is 39.1 Å². The van der Waals surface area contributed by atoms with Gasteiger partial charge in [-0.25, -0.2) is 13.2 Å². The summed E-state index contributed by atoms with van der Waals surface area (Å²) in [5.74, 6) is -3.31. The van der Waals surface area contributed by atoms with Crippen molar-refractivity contribution in [3.8, 4) is 0 Å². The van der Waals surface area contributed by atoms with Crippen LogP contribution in [0, 0.1) is 17.5 Å². The maximum absolute atomic E-state index is 13.6. The zero-order chi connectivity index (χ0) is 14.2. The molecule has 1 unspecified atom stereocenters. The third-order valence-corrected chi connectivity index (χ3v) is 3.65. The van der Waals surface area contributed by atoms with Crippen molar-refractivity contribution in [2.45, 2.75) is 5.38 Å². The summed E-state index contributed by atoms with van der Waals surface area (Å²) in [6.45, 7) is 0. The Kier molecular flexibility index (Phi) is 4.43. The van der Waals surface area contributed by atoms with Gasteiger partial charge in [-0.05, 0) is 29.8 Å². The topological polar surface area (TPSA) is 0 Å². The Morgan fingerprint density at radius 3 is 2.16 bits per heavy atom. The quantitative estimate of drug-likeness (QED) is 0.460. The molecule has 0 radical (unpaired) electrons. The molecule has 0 nitrogen and oxygen atoms in total. The van der Waals surface area contributed by atoms with E-state index in [0.29, 0.717) is 21.1 Å². The minimum Gasteiger partial charge on any atom is -0.207 e. The molecule has 19 heavy (non-hydrogen) atoms. The summed E-state index contributed by atoms with van der Waals surface area (Å²) in [5, 5.41) is -0.567. The molecule has 2 aromatic carbocycles. The summed E-state index contributed by atoms with van der Waals surface area (Å²) in [7, 11) is 0. The van der Waals surface area contributed by atoms with Crippen LogP contribution in [0.3, 0.4) is 0 Å². The molecule has 0 fully saturated rings. The Morgan fingerprint density at radius 2 is 1.53 bits per heavy atom. The average Bonchev–Trinajstić information content (AvgIpc) is 2.31. The highest BCUT2D eigenvalue weighted by molar-refractivity contribution is 9.10. The molecule has 2 rings (SSSR count). The molecule has 0 saturated heterocycles. The second-order valence-electron chi connectivity index (χ2n) is 3.85. The van der Waals surface area contributed by atoms with Crippen LogP contribution in [-0.2, 0) is 0 Å². The van der Waals surface area contributed by atoms with E-state index in [1.807, 2.05) is 0 Å². The van der Waals surface area contributed by atoms with Crippen molar-refractivity contribution in [2.24, 2.45) is 0 Å². The Hall–Kier alpha value is -0.710. The first-order valence-corrected chi connectivity index (χ1v) is 6.73. The van der Waals surface area contributed by atoms with Crippen molar-refractivity contribution in [3.63, 3.8) is 0 Å². The van der Waals surface area contributed by atoms with E-state index >= 15 is 0 Å². The van der Waals surface area contributed by atoms with E-state index in [2.05, 4.69) is 15.9 Å². The van der Waals surface area contributed by atoms with E-state index in [-0.39, 0.29) is 5.56 Å². The molecule has 0 N–H and O–H groups in total. The first-order chi connectivity index (χ1) is 8.88. The lowest BCUT2D eigenvalue weighted by molar-refractivity contribution is 0.490. The van der Waals surface area contributed by atoms with Crippen LogP contribution in [0.15, 0.2) is 34.8 Å². The molecule has 100 valence electrons. The molecule has 0 amide bonds. The van der Waals surface area contributed by atoms with Gasteiger partial charge in [-0.15, -0.1) is 11.6 Å². The van der Waals surface area contributed by atoms with E-state index in [9.17, 15) is 13.2 Å². The van der Waals surface area contributed by atoms with Crippen LogP contribution < -0.4 is 0 Å². The second kappa shape index (κ2) is 5.73. The van der Waals surface area contributed by atoms with E-state index < -0.39 is 22.8 Å². The lowest BCUT2D eigenvalue weighted by Crippen LogP contribution is -2.00.